The van der Waals surface area contributed by atoms with Crippen molar-refractivity contribution < 1.29 is 9.31 Å². The third kappa shape index (κ3) is 3.90. The van der Waals surface area contributed by atoms with Crippen molar-refractivity contribution in [3.8, 4) is 10.6 Å². The van der Waals surface area contributed by atoms with E-state index < -0.39 is 16.4 Å². The fraction of sp³-hybridized carbons (Fsp3) is 0.0667. The third-order valence-corrected chi connectivity index (χ3v) is 5.18. The number of anilines is 2. The van der Waals surface area contributed by atoms with Crippen LogP contribution in [0.25, 0.3) is 10.6 Å². The van der Waals surface area contributed by atoms with E-state index in [1.165, 1.54) is 0 Å². The molecule has 2 aromatic carbocycles. The Morgan fingerprint density at radius 2 is 2.04 bits per heavy atom. The molecular weight excluding hydrogens is 478 g/mol. The minimum absolute atomic E-state index is 0.372. The van der Waals surface area contributed by atoms with Crippen LogP contribution in [-0.2, 0) is 0 Å². The van der Waals surface area contributed by atoms with E-state index in [9.17, 15) is 14.5 Å². The first-order chi connectivity index (χ1) is 11.8. The number of halogens is 2. The zero-order valence-corrected chi connectivity index (χ0v) is 16.5. The maximum Gasteiger partial charge on any atom is 0.305 e. The van der Waals surface area contributed by atoms with Crippen LogP contribution < -0.4 is 5.32 Å². The highest BCUT2D eigenvalue weighted by molar-refractivity contribution is 14.1. The van der Waals surface area contributed by atoms with E-state index in [1.807, 2.05) is 25.1 Å². The highest BCUT2D eigenvalue weighted by Crippen LogP contribution is 2.37. The summed E-state index contributed by atoms with van der Waals surface area (Å²) in [6.45, 7) is 1.92. The Morgan fingerprint density at radius 3 is 2.64 bits per heavy atom. The first kappa shape index (κ1) is 18.0. The van der Waals surface area contributed by atoms with Crippen molar-refractivity contribution in [1.29, 1.82) is 0 Å². The maximum absolute atomic E-state index is 14.1. The molecule has 0 radical (unpaired) electrons. The van der Waals surface area contributed by atoms with E-state index in [0.29, 0.717) is 20.6 Å². The van der Waals surface area contributed by atoms with Crippen molar-refractivity contribution >= 4 is 63.6 Å². The van der Waals surface area contributed by atoms with Gasteiger partial charge < -0.3 is 5.32 Å². The van der Waals surface area contributed by atoms with Gasteiger partial charge in [0.2, 0.25) is 5.82 Å². The van der Waals surface area contributed by atoms with E-state index in [0.717, 1.165) is 38.3 Å². The first-order valence-corrected chi connectivity index (χ1v) is 9.23. The van der Waals surface area contributed by atoms with Gasteiger partial charge in [0.1, 0.15) is 0 Å². The zero-order chi connectivity index (χ0) is 18.1. The number of nitrogens with one attached hydrogen (secondary N) is 1. The largest absolute Gasteiger partial charge is 0.355 e. The topological polar surface area (TPSA) is 81.0 Å². The van der Waals surface area contributed by atoms with Crippen LogP contribution in [-0.4, -0.2) is 15.1 Å². The lowest BCUT2D eigenvalue weighted by Gasteiger charge is -2.13. The van der Waals surface area contributed by atoms with Crippen LogP contribution in [0.5, 0.6) is 0 Å². The quantitative estimate of drug-likeness (QED) is 0.229. The number of aryl methyl sites for hydroxylation is 1. The standard InChI is InChI=1S/C15H10FIN4O2S2/c1-7-4-8(17)2-3-11(7)18-12-6-10(16)13(21(22)23)5-9(12)14-19-20-15(24)25-14/h2-6,18H,1H3,(H,20,24). The summed E-state index contributed by atoms with van der Waals surface area (Å²) in [5, 5.41) is 22.4. The molecule has 1 N–H and O–H groups in total. The fourth-order valence-corrected chi connectivity index (χ4v) is 3.78. The van der Waals surface area contributed by atoms with Crippen molar-refractivity contribution in [3.63, 3.8) is 0 Å². The van der Waals surface area contributed by atoms with Crippen LogP contribution in [0.4, 0.5) is 21.5 Å². The minimum atomic E-state index is -0.921. The summed E-state index contributed by atoms with van der Waals surface area (Å²) in [7, 11) is 0. The van der Waals surface area contributed by atoms with Gasteiger partial charge in [0.25, 0.3) is 0 Å². The van der Waals surface area contributed by atoms with Gasteiger partial charge in [-0.3, -0.25) is 10.1 Å². The lowest BCUT2D eigenvalue weighted by Crippen LogP contribution is -2.00. The Balaban J connectivity index is 2.14. The molecule has 0 aliphatic rings. The van der Waals surface area contributed by atoms with Crippen LogP contribution in [0.1, 0.15) is 5.56 Å². The number of rotatable bonds is 4. The summed E-state index contributed by atoms with van der Waals surface area (Å²) in [5.41, 5.74) is 1.88. The number of nitro groups is 1. The average Bonchev–Trinajstić information content (AvgIpc) is 2.96. The second-order valence-electron chi connectivity index (χ2n) is 5.08. The molecule has 3 aromatic rings. The lowest BCUT2D eigenvalue weighted by molar-refractivity contribution is -0.387. The molecule has 0 aliphatic carbocycles. The third-order valence-electron chi connectivity index (χ3n) is 3.39. The van der Waals surface area contributed by atoms with Crippen LogP contribution in [0.2, 0.25) is 0 Å². The van der Waals surface area contributed by atoms with Crippen LogP contribution in [0, 0.1) is 26.4 Å². The summed E-state index contributed by atoms with van der Waals surface area (Å²) in [6, 6.07) is 8.01. The number of thiol groups is 1. The predicted molar refractivity (Wildman–Crippen MR) is 106 cm³/mol. The Kier molecular flexibility index (Phi) is 5.20. The SMILES string of the molecule is Cc1cc(I)ccc1Nc1cc(F)c([N+](=O)[O-])cc1-c1nnc(S)s1. The van der Waals surface area contributed by atoms with E-state index in [4.69, 9.17) is 0 Å². The van der Waals surface area contributed by atoms with Gasteiger partial charge in [0, 0.05) is 27.0 Å². The van der Waals surface area contributed by atoms with E-state index in [2.05, 4.69) is 50.7 Å². The molecule has 0 bridgehead atoms. The number of nitro benzene ring substituents is 1. The van der Waals surface area contributed by atoms with E-state index in [-0.39, 0.29) is 0 Å². The lowest BCUT2D eigenvalue weighted by atomic mass is 10.1. The molecule has 3 rings (SSSR count). The molecule has 6 nitrogen and oxygen atoms in total. The number of aromatic nitrogens is 2. The molecule has 10 heteroatoms. The van der Waals surface area contributed by atoms with Gasteiger partial charge in [-0.1, -0.05) is 11.3 Å². The van der Waals surface area contributed by atoms with Crippen LogP contribution in [0.3, 0.4) is 0 Å². The maximum atomic E-state index is 14.1. The van der Waals surface area contributed by atoms with Crippen molar-refractivity contribution in [2.24, 2.45) is 0 Å². The monoisotopic (exact) mass is 488 g/mol. The van der Waals surface area contributed by atoms with Gasteiger partial charge >= 0.3 is 5.69 Å². The number of benzene rings is 2. The normalized spacial score (nSPS) is 10.7. The van der Waals surface area contributed by atoms with Crippen molar-refractivity contribution in [3.05, 3.63) is 55.4 Å². The van der Waals surface area contributed by atoms with Crippen molar-refractivity contribution in [2.75, 3.05) is 5.32 Å². The summed E-state index contributed by atoms with van der Waals surface area (Å²) in [6.07, 6.45) is 0. The smallest absolute Gasteiger partial charge is 0.305 e. The Bertz CT molecular complexity index is 980. The molecule has 0 saturated carbocycles. The van der Waals surface area contributed by atoms with E-state index in [1.54, 1.807) is 0 Å². The number of hydrogen-bond acceptors (Lipinski definition) is 7. The molecule has 0 atom stereocenters. The molecular formula is C15H10FIN4O2S2. The average molecular weight is 488 g/mol. The summed E-state index contributed by atoms with van der Waals surface area (Å²) >= 11 is 7.47. The Hall–Kier alpha value is -1.79. The van der Waals surface area contributed by atoms with Crippen LogP contribution in [0.15, 0.2) is 34.7 Å². The zero-order valence-electron chi connectivity index (χ0n) is 12.7. The molecule has 0 saturated heterocycles. The van der Waals surface area contributed by atoms with Gasteiger partial charge in [0.05, 0.1) is 10.6 Å². The van der Waals surface area contributed by atoms with Gasteiger partial charge in [-0.05, 0) is 53.3 Å². The van der Waals surface area contributed by atoms with Gasteiger partial charge in [-0.25, -0.2) is 0 Å². The number of hydrogen-bond donors (Lipinski definition) is 2. The number of nitrogens with zero attached hydrogens (tertiary/aromatic N) is 3. The second kappa shape index (κ2) is 7.22. The first-order valence-electron chi connectivity index (χ1n) is 6.89. The molecule has 1 aromatic heterocycles. The van der Waals surface area contributed by atoms with Crippen LogP contribution >= 0.6 is 46.6 Å². The second-order valence-corrected chi connectivity index (χ2v) is 8.03. The molecule has 1 heterocycles. The van der Waals surface area contributed by atoms with Crippen molar-refractivity contribution in [1.82, 2.24) is 10.2 Å². The molecule has 0 aliphatic heterocycles. The molecule has 25 heavy (non-hydrogen) atoms. The highest BCUT2D eigenvalue weighted by atomic mass is 127. The molecule has 0 spiro atoms. The van der Waals surface area contributed by atoms with E-state index >= 15 is 0 Å². The molecule has 0 fully saturated rings. The van der Waals surface area contributed by atoms with Gasteiger partial charge in [0.15, 0.2) is 9.35 Å². The van der Waals surface area contributed by atoms with Gasteiger partial charge in [-0.15, -0.1) is 22.8 Å². The molecule has 128 valence electrons. The molecule has 0 amide bonds. The Labute approximate surface area is 165 Å². The predicted octanol–water partition coefficient (Wildman–Crippen LogP) is 5.20. The fourth-order valence-electron chi connectivity index (χ4n) is 2.22. The minimum Gasteiger partial charge on any atom is -0.355 e. The summed E-state index contributed by atoms with van der Waals surface area (Å²) < 4.78 is 15.6. The van der Waals surface area contributed by atoms with Crippen molar-refractivity contribution in [2.45, 2.75) is 11.3 Å². The van der Waals surface area contributed by atoms with Gasteiger partial charge in [-0.2, -0.15) is 4.39 Å². The summed E-state index contributed by atoms with van der Waals surface area (Å²) in [5.74, 6) is -0.921. The summed E-state index contributed by atoms with van der Waals surface area (Å²) in [4.78, 5) is 10.3. The Morgan fingerprint density at radius 1 is 1.28 bits per heavy atom. The molecule has 0 unspecified atom stereocenters. The highest BCUT2D eigenvalue weighted by Gasteiger charge is 2.21.